The van der Waals surface area contributed by atoms with E-state index in [-0.39, 0.29) is 55.8 Å². The highest BCUT2D eigenvalue weighted by atomic mass is 35.5. The van der Waals surface area contributed by atoms with Gasteiger partial charge in [0.2, 0.25) is 0 Å². The summed E-state index contributed by atoms with van der Waals surface area (Å²) in [6.45, 7) is 2.20. The van der Waals surface area contributed by atoms with Crippen LogP contribution < -0.4 is 11.5 Å². The minimum Gasteiger partial charge on any atom is -0.316 e. The van der Waals surface area contributed by atoms with Crippen molar-refractivity contribution < 1.29 is 0 Å². The molecule has 2 nitrogen and oxygen atoms in total. The van der Waals surface area contributed by atoms with Crippen LogP contribution in [0.25, 0.3) is 0 Å². The third-order valence-corrected chi connectivity index (χ3v) is 1.39. The van der Waals surface area contributed by atoms with Crippen molar-refractivity contribution in [2.75, 3.05) is 0 Å². The Morgan fingerprint density at radius 3 is 1.62 bits per heavy atom. The Morgan fingerprint density at radius 2 is 1.31 bits per heavy atom. The van der Waals surface area contributed by atoms with Crippen LogP contribution in [0.3, 0.4) is 0 Å². The van der Waals surface area contributed by atoms with E-state index in [1.807, 2.05) is 0 Å². The Morgan fingerprint density at radius 1 is 0.846 bits per heavy atom. The molecule has 0 heterocycles. The zero-order valence-electron chi connectivity index (χ0n) is 7.90. The molecule has 6 heteroatoms. The van der Waals surface area contributed by atoms with Crippen molar-refractivity contribution in [3.8, 4) is 0 Å². The van der Waals surface area contributed by atoms with Gasteiger partial charge in [0.1, 0.15) is 0 Å². The Kier molecular flexibility index (Phi) is 52.0. The lowest BCUT2D eigenvalue weighted by molar-refractivity contribution is 0.561. The molecule has 0 aliphatic heterocycles. The highest BCUT2D eigenvalue weighted by Gasteiger charge is 1.92. The molecule has 0 bridgehead atoms. The van der Waals surface area contributed by atoms with Crippen LogP contribution in [0, 0.1) is 0 Å². The maximum absolute atomic E-state index is 5.35. The van der Waals surface area contributed by atoms with Crippen LogP contribution in [0.5, 0.6) is 0 Å². The molecule has 0 spiro atoms. The van der Waals surface area contributed by atoms with Gasteiger partial charge >= 0.3 is 0 Å². The van der Waals surface area contributed by atoms with Crippen LogP contribution in [0.4, 0.5) is 0 Å². The van der Waals surface area contributed by atoms with Crippen LogP contribution in [0.2, 0.25) is 0 Å². The first-order valence-corrected chi connectivity index (χ1v) is 3.78. The molecule has 0 fully saturated rings. The SMILES string of the molecule is CCCCCCC(N)N.Cl.Cl.Cl.Cl. The average Bonchev–Trinajstić information content (AvgIpc) is 1.80. The smallest absolute Gasteiger partial charge is 0.0520 e. The fraction of sp³-hybridized carbons (Fsp3) is 1.00. The molecule has 0 atom stereocenters. The van der Waals surface area contributed by atoms with Crippen LogP contribution in [0.1, 0.15) is 39.0 Å². The van der Waals surface area contributed by atoms with Crippen molar-refractivity contribution in [1.82, 2.24) is 0 Å². The molecule has 0 amide bonds. The average molecular weight is 276 g/mol. The summed E-state index contributed by atoms with van der Waals surface area (Å²) in [5, 5.41) is 0. The van der Waals surface area contributed by atoms with Crippen LogP contribution in [-0.2, 0) is 0 Å². The molecule has 88 valence electrons. The summed E-state index contributed by atoms with van der Waals surface area (Å²) < 4.78 is 0. The highest BCUT2D eigenvalue weighted by molar-refractivity contribution is 5.86. The van der Waals surface area contributed by atoms with E-state index in [1.165, 1.54) is 25.7 Å². The zero-order chi connectivity index (χ0) is 7.11. The lowest BCUT2D eigenvalue weighted by Crippen LogP contribution is -2.29. The molecule has 0 saturated heterocycles. The summed E-state index contributed by atoms with van der Waals surface area (Å²) >= 11 is 0. The second-order valence-electron chi connectivity index (χ2n) is 2.51. The van der Waals surface area contributed by atoms with Crippen LogP contribution >= 0.6 is 49.6 Å². The summed E-state index contributed by atoms with van der Waals surface area (Å²) in [6.07, 6.45) is 5.93. The summed E-state index contributed by atoms with van der Waals surface area (Å²) in [4.78, 5) is 0. The van der Waals surface area contributed by atoms with Crippen molar-refractivity contribution in [3.63, 3.8) is 0 Å². The maximum atomic E-state index is 5.35. The highest BCUT2D eigenvalue weighted by Crippen LogP contribution is 2.01. The molecule has 0 aromatic carbocycles. The van der Waals surface area contributed by atoms with Crippen molar-refractivity contribution in [3.05, 3.63) is 0 Å². The first-order chi connectivity index (χ1) is 4.27. The third-order valence-electron chi connectivity index (χ3n) is 1.39. The van der Waals surface area contributed by atoms with E-state index in [0.29, 0.717) is 0 Å². The zero-order valence-corrected chi connectivity index (χ0v) is 11.2. The molecule has 0 aliphatic carbocycles. The Hall–Kier alpha value is 1.08. The predicted molar refractivity (Wildman–Crippen MR) is 69.9 cm³/mol. The van der Waals surface area contributed by atoms with E-state index < -0.39 is 0 Å². The topological polar surface area (TPSA) is 52.0 Å². The van der Waals surface area contributed by atoms with E-state index in [1.54, 1.807) is 0 Å². The summed E-state index contributed by atoms with van der Waals surface area (Å²) in [6, 6.07) is 0. The van der Waals surface area contributed by atoms with E-state index >= 15 is 0 Å². The van der Waals surface area contributed by atoms with E-state index in [0.717, 1.165) is 6.42 Å². The first-order valence-electron chi connectivity index (χ1n) is 3.78. The van der Waals surface area contributed by atoms with Crippen molar-refractivity contribution >= 4 is 49.6 Å². The molecule has 4 N–H and O–H groups in total. The molecule has 0 aliphatic rings. The summed E-state index contributed by atoms with van der Waals surface area (Å²) in [7, 11) is 0. The number of nitrogens with two attached hydrogens (primary N) is 2. The van der Waals surface area contributed by atoms with Crippen LogP contribution in [-0.4, -0.2) is 6.17 Å². The summed E-state index contributed by atoms with van der Waals surface area (Å²) in [5.41, 5.74) is 10.7. The van der Waals surface area contributed by atoms with Gasteiger partial charge in [-0.2, -0.15) is 0 Å². The van der Waals surface area contributed by atoms with Gasteiger partial charge in [0.25, 0.3) is 0 Å². The first kappa shape index (κ1) is 29.2. The van der Waals surface area contributed by atoms with Gasteiger partial charge < -0.3 is 11.5 Å². The van der Waals surface area contributed by atoms with Gasteiger partial charge in [-0.15, -0.1) is 49.6 Å². The van der Waals surface area contributed by atoms with Crippen molar-refractivity contribution in [1.29, 1.82) is 0 Å². The minimum absolute atomic E-state index is 0. The largest absolute Gasteiger partial charge is 0.316 e. The van der Waals surface area contributed by atoms with Gasteiger partial charge in [-0.05, 0) is 6.42 Å². The Labute approximate surface area is 106 Å². The molecular formula is C7H22Cl4N2. The van der Waals surface area contributed by atoms with Gasteiger partial charge in [-0.25, -0.2) is 0 Å². The van der Waals surface area contributed by atoms with E-state index in [4.69, 9.17) is 11.5 Å². The maximum Gasteiger partial charge on any atom is 0.0520 e. The lowest BCUT2D eigenvalue weighted by Gasteiger charge is -2.02. The van der Waals surface area contributed by atoms with Crippen molar-refractivity contribution in [2.24, 2.45) is 11.5 Å². The fourth-order valence-corrected chi connectivity index (χ4v) is 0.807. The molecule has 0 aromatic heterocycles. The standard InChI is InChI=1S/C7H18N2.4ClH/c1-2-3-4-5-6-7(8)9;;;;/h7H,2-6,8-9H2,1H3;4*1H. The van der Waals surface area contributed by atoms with E-state index in [9.17, 15) is 0 Å². The molecule has 0 radical (unpaired) electrons. The molecular weight excluding hydrogens is 254 g/mol. The second-order valence-corrected chi connectivity index (χ2v) is 2.51. The van der Waals surface area contributed by atoms with Gasteiger partial charge in [-0.1, -0.05) is 32.6 Å². The molecule has 0 unspecified atom stereocenters. The second kappa shape index (κ2) is 23.2. The molecule has 13 heavy (non-hydrogen) atoms. The predicted octanol–water partition coefficient (Wildman–Crippen LogP) is 2.89. The Bertz CT molecular complexity index is 64.5. The van der Waals surface area contributed by atoms with Gasteiger partial charge in [0.15, 0.2) is 0 Å². The molecule has 0 rings (SSSR count). The third kappa shape index (κ3) is 32.0. The summed E-state index contributed by atoms with van der Waals surface area (Å²) in [5.74, 6) is 0. The monoisotopic (exact) mass is 274 g/mol. The normalized spacial score (nSPS) is 7.38. The van der Waals surface area contributed by atoms with Gasteiger partial charge in [0.05, 0.1) is 6.17 Å². The number of unbranched alkanes of at least 4 members (excludes halogenated alkanes) is 3. The quantitative estimate of drug-likeness (QED) is 0.599. The fourth-order valence-electron chi connectivity index (χ4n) is 0.807. The number of rotatable bonds is 5. The molecule has 0 saturated carbocycles. The van der Waals surface area contributed by atoms with Gasteiger partial charge in [-0.3, -0.25) is 0 Å². The van der Waals surface area contributed by atoms with Gasteiger partial charge in [0, 0.05) is 0 Å². The van der Waals surface area contributed by atoms with E-state index in [2.05, 4.69) is 6.92 Å². The minimum atomic E-state index is -0.0955. The lowest BCUT2D eigenvalue weighted by atomic mass is 10.1. The number of hydrogen-bond acceptors (Lipinski definition) is 2. The number of halogens is 4. The Balaban J connectivity index is -0.0000000533. The molecule has 0 aromatic rings. The van der Waals surface area contributed by atoms with Crippen LogP contribution in [0.15, 0.2) is 0 Å². The van der Waals surface area contributed by atoms with Crippen molar-refractivity contribution in [2.45, 2.75) is 45.2 Å². The number of hydrogen-bond donors (Lipinski definition) is 2.